The predicted molar refractivity (Wildman–Crippen MR) is 53.4 cm³/mol. The standard InChI is InChI=1S/C10H14S/c1-8-3-5-10(6-4-8)9(2)7-11/h3-6,9,11H,7H2,1-2H3. The molecule has 1 aromatic rings. The van der Waals surface area contributed by atoms with Gasteiger partial charge >= 0.3 is 0 Å². The molecule has 0 aliphatic carbocycles. The van der Waals surface area contributed by atoms with Crippen LogP contribution >= 0.6 is 12.6 Å². The molecule has 1 heteroatoms. The van der Waals surface area contributed by atoms with Crippen molar-refractivity contribution in [3.05, 3.63) is 35.4 Å². The van der Waals surface area contributed by atoms with Gasteiger partial charge in [-0.1, -0.05) is 36.8 Å². The van der Waals surface area contributed by atoms with Gasteiger partial charge < -0.3 is 0 Å². The third kappa shape index (κ3) is 2.26. The highest BCUT2D eigenvalue weighted by Gasteiger charge is 2.00. The molecular weight excluding hydrogens is 152 g/mol. The van der Waals surface area contributed by atoms with Crippen LogP contribution < -0.4 is 0 Å². The average molecular weight is 166 g/mol. The molecule has 0 saturated carbocycles. The van der Waals surface area contributed by atoms with Crippen molar-refractivity contribution in [1.29, 1.82) is 0 Å². The molecule has 0 heterocycles. The summed E-state index contributed by atoms with van der Waals surface area (Å²) in [7, 11) is 0. The van der Waals surface area contributed by atoms with Gasteiger partial charge in [-0.15, -0.1) is 0 Å². The predicted octanol–water partition coefficient (Wildman–Crippen LogP) is 3.03. The number of hydrogen-bond donors (Lipinski definition) is 1. The first-order valence-corrected chi connectivity index (χ1v) is 4.54. The van der Waals surface area contributed by atoms with Crippen molar-refractivity contribution in [1.82, 2.24) is 0 Å². The summed E-state index contributed by atoms with van der Waals surface area (Å²) in [6, 6.07) is 8.65. The second kappa shape index (κ2) is 3.82. The van der Waals surface area contributed by atoms with Crippen molar-refractivity contribution in [2.45, 2.75) is 19.8 Å². The maximum Gasteiger partial charge on any atom is -0.00315 e. The fourth-order valence-electron chi connectivity index (χ4n) is 1.00. The molecule has 0 N–H and O–H groups in total. The van der Waals surface area contributed by atoms with E-state index in [1.807, 2.05) is 0 Å². The molecular formula is C10H14S. The molecule has 0 aromatic heterocycles. The summed E-state index contributed by atoms with van der Waals surface area (Å²) < 4.78 is 0. The lowest BCUT2D eigenvalue weighted by molar-refractivity contribution is 0.883. The minimum atomic E-state index is 0.568. The number of aryl methyl sites for hydroxylation is 1. The van der Waals surface area contributed by atoms with Crippen LogP contribution in [-0.4, -0.2) is 5.75 Å². The Balaban J connectivity index is 2.81. The molecule has 0 aliphatic rings. The van der Waals surface area contributed by atoms with Crippen LogP contribution in [0.15, 0.2) is 24.3 Å². The zero-order chi connectivity index (χ0) is 8.27. The Bertz CT molecular complexity index is 213. The van der Waals surface area contributed by atoms with Crippen LogP contribution in [0.25, 0.3) is 0 Å². The largest absolute Gasteiger partial charge is 0.179 e. The first-order valence-electron chi connectivity index (χ1n) is 3.91. The smallest absolute Gasteiger partial charge is 0.00315 e. The SMILES string of the molecule is Cc1ccc(C(C)CS)cc1. The van der Waals surface area contributed by atoms with Crippen molar-refractivity contribution in [3.8, 4) is 0 Å². The van der Waals surface area contributed by atoms with E-state index >= 15 is 0 Å². The Morgan fingerprint density at radius 2 is 1.82 bits per heavy atom. The van der Waals surface area contributed by atoms with E-state index in [0.29, 0.717) is 5.92 Å². The molecule has 1 atom stereocenters. The molecule has 1 unspecified atom stereocenters. The zero-order valence-electron chi connectivity index (χ0n) is 7.04. The number of thiol groups is 1. The Kier molecular flexibility index (Phi) is 3.01. The van der Waals surface area contributed by atoms with Crippen LogP contribution in [0.2, 0.25) is 0 Å². The van der Waals surface area contributed by atoms with Gasteiger partial charge in [0.25, 0.3) is 0 Å². The highest BCUT2D eigenvalue weighted by molar-refractivity contribution is 7.80. The van der Waals surface area contributed by atoms with Gasteiger partial charge in [-0.05, 0) is 24.2 Å². The van der Waals surface area contributed by atoms with E-state index in [-0.39, 0.29) is 0 Å². The van der Waals surface area contributed by atoms with E-state index < -0.39 is 0 Å². The van der Waals surface area contributed by atoms with Crippen LogP contribution in [0.3, 0.4) is 0 Å². The number of hydrogen-bond acceptors (Lipinski definition) is 1. The highest BCUT2D eigenvalue weighted by Crippen LogP contribution is 2.16. The monoisotopic (exact) mass is 166 g/mol. The quantitative estimate of drug-likeness (QED) is 0.641. The molecule has 0 nitrogen and oxygen atoms in total. The molecule has 0 saturated heterocycles. The van der Waals surface area contributed by atoms with Gasteiger partial charge in [-0.3, -0.25) is 0 Å². The zero-order valence-corrected chi connectivity index (χ0v) is 7.94. The van der Waals surface area contributed by atoms with Gasteiger partial charge in [0.2, 0.25) is 0 Å². The second-order valence-corrected chi connectivity index (χ2v) is 3.36. The van der Waals surface area contributed by atoms with Crippen LogP contribution in [0.1, 0.15) is 24.0 Å². The molecule has 60 valence electrons. The summed E-state index contributed by atoms with van der Waals surface area (Å²) in [6.07, 6.45) is 0. The molecule has 0 aliphatic heterocycles. The maximum absolute atomic E-state index is 4.25. The van der Waals surface area contributed by atoms with E-state index in [9.17, 15) is 0 Å². The van der Waals surface area contributed by atoms with Gasteiger partial charge in [0.15, 0.2) is 0 Å². The van der Waals surface area contributed by atoms with Crippen molar-refractivity contribution in [2.24, 2.45) is 0 Å². The Morgan fingerprint density at radius 1 is 1.27 bits per heavy atom. The van der Waals surface area contributed by atoms with Crippen molar-refractivity contribution < 1.29 is 0 Å². The molecule has 11 heavy (non-hydrogen) atoms. The Hall–Kier alpha value is -0.430. The molecule has 0 bridgehead atoms. The minimum Gasteiger partial charge on any atom is -0.179 e. The molecule has 0 amide bonds. The van der Waals surface area contributed by atoms with E-state index in [0.717, 1.165) is 5.75 Å². The third-order valence-electron chi connectivity index (χ3n) is 1.92. The summed E-state index contributed by atoms with van der Waals surface area (Å²) in [4.78, 5) is 0. The summed E-state index contributed by atoms with van der Waals surface area (Å²) >= 11 is 4.25. The van der Waals surface area contributed by atoms with Crippen molar-refractivity contribution in [2.75, 3.05) is 5.75 Å². The number of rotatable bonds is 2. The average Bonchev–Trinajstić information content (AvgIpc) is 2.05. The van der Waals surface area contributed by atoms with Crippen LogP contribution in [-0.2, 0) is 0 Å². The molecule has 0 spiro atoms. The van der Waals surface area contributed by atoms with Gasteiger partial charge in [0.05, 0.1) is 0 Å². The second-order valence-electron chi connectivity index (χ2n) is 2.99. The van der Waals surface area contributed by atoms with Gasteiger partial charge in [-0.2, -0.15) is 12.6 Å². The lowest BCUT2D eigenvalue weighted by atomic mass is 10.0. The van der Waals surface area contributed by atoms with Crippen LogP contribution in [0, 0.1) is 6.92 Å². The molecule has 1 aromatic carbocycles. The highest BCUT2D eigenvalue weighted by atomic mass is 32.1. The van der Waals surface area contributed by atoms with E-state index in [1.54, 1.807) is 0 Å². The lowest BCUT2D eigenvalue weighted by Gasteiger charge is -2.07. The summed E-state index contributed by atoms with van der Waals surface area (Å²) in [5, 5.41) is 0. The molecule has 0 fully saturated rings. The first kappa shape index (κ1) is 8.66. The fourth-order valence-corrected chi connectivity index (χ4v) is 1.21. The normalized spacial score (nSPS) is 13.0. The first-order chi connectivity index (χ1) is 5.24. The van der Waals surface area contributed by atoms with E-state index in [2.05, 4.69) is 50.7 Å². The fraction of sp³-hybridized carbons (Fsp3) is 0.400. The maximum atomic E-state index is 4.25. The topological polar surface area (TPSA) is 0 Å². The van der Waals surface area contributed by atoms with E-state index in [1.165, 1.54) is 11.1 Å². The minimum absolute atomic E-state index is 0.568. The molecule has 1 rings (SSSR count). The summed E-state index contributed by atoms with van der Waals surface area (Å²) in [5.74, 6) is 1.49. The van der Waals surface area contributed by atoms with Crippen molar-refractivity contribution >= 4 is 12.6 Å². The third-order valence-corrected chi connectivity index (χ3v) is 2.47. The van der Waals surface area contributed by atoms with E-state index in [4.69, 9.17) is 0 Å². The van der Waals surface area contributed by atoms with Gasteiger partial charge in [0.1, 0.15) is 0 Å². The van der Waals surface area contributed by atoms with Gasteiger partial charge in [0, 0.05) is 0 Å². The van der Waals surface area contributed by atoms with Crippen LogP contribution in [0.5, 0.6) is 0 Å². The number of benzene rings is 1. The van der Waals surface area contributed by atoms with Gasteiger partial charge in [-0.25, -0.2) is 0 Å². The Morgan fingerprint density at radius 3 is 2.27 bits per heavy atom. The Labute approximate surface area is 74.0 Å². The lowest BCUT2D eigenvalue weighted by Crippen LogP contribution is -1.93. The summed E-state index contributed by atoms with van der Waals surface area (Å²) in [6.45, 7) is 4.30. The van der Waals surface area contributed by atoms with Crippen molar-refractivity contribution in [3.63, 3.8) is 0 Å². The summed E-state index contributed by atoms with van der Waals surface area (Å²) in [5.41, 5.74) is 2.70. The van der Waals surface area contributed by atoms with Crippen LogP contribution in [0.4, 0.5) is 0 Å². The molecule has 0 radical (unpaired) electrons.